The van der Waals surface area contributed by atoms with Crippen LogP contribution in [-0.2, 0) is 13.0 Å². The molecule has 1 N–H and O–H groups in total. The summed E-state index contributed by atoms with van der Waals surface area (Å²) < 4.78 is 0. The molecule has 20 heavy (non-hydrogen) atoms. The van der Waals surface area contributed by atoms with E-state index in [4.69, 9.17) is 4.98 Å². The molecule has 3 rings (SSSR count). The Morgan fingerprint density at radius 2 is 2.15 bits per heavy atom. The molecule has 3 nitrogen and oxygen atoms in total. The van der Waals surface area contributed by atoms with Gasteiger partial charge in [0.05, 0.1) is 16.8 Å². The van der Waals surface area contributed by atoms with Crippen molar-refractivity contribution in [2.75, 3.05) is 6.54 Å². The molecule has 0 radical (unpaired) electrons. The van der Waals surface area contributed by atoms with Gasteiger partial charge in [0.2, 0.25) is 0 Å². The zero-order chi connectivity index (χ0) is 13.9. The molecule has 112 valence electrons. The van der Waals surface area contributed by atoms with E-state index in [1.165, 1.54) is 49.4 Å². The van der Waals surface area contributed by atoms with E-state index in [1.807, 2.05) is 0 Å². The smallest absolute Gasteiger partial charge is 0.0926 e. The van der Waals surface area contributed by atoms with Crippen molar-refractivity contribution in [3.05, 3.63) is 16.1 Å². The molecule has 0 spiro atoms. The first-order chi connectivity index (χ1) is 9.78. The van der Waals surface area contributed by atoms with Gasteiger partial charge in [0.1, 0.15) is 0 Å². The Morgan fingerprint density at radius 3 is 2.90 bits per heavy atom. The maximum atomic E-state index is 10.3. The van der Waals surface area contributed by atoms with Gasteiger partial charge in [-0.1, -0.05) is 19.8 Å². The quantitative estimate of drug-likeness (QED) is 0.926. The molecule has 1 aliphatic carbocycles. The highest BCUT2D eigenvalue weighted by atomic mass is 32.1. The van der Waals surface area contributed by atoms with Crippen LogP contribution in [0.25, 0.3) is 0 Å². The third-order valence-corrected chi connectivity index (χ3v) is 6.00. The lowest BCUT2D eigenvalue weighted by molar-refractivity contribution is 0.0199. The molecule has 0 aromatic carbocycles. The summed E-state index contributed by atoms with van der Waals surface area (Å²) in [5.74, 6) is 0.496. The first-order valence-corrected chi connectivity index (χ1v) is 9.01. The van der Waals surface area contributed by atoms with Gasteiger partial charge < -0.3 is 5.11 Å². The van der Waals surface area contributed by atoms with Crippen molar-refractivity contribution in [2.45, 2.75) is 70.6 Å². The van der Waals surface area contributed by atoms with Crippen LogP contribution >= 0.6 is 11.3 Å². The Balaban J connectivity index is 1.65. The van der Waals surface area contributed by atoms with Crippen LogP contribution in [0.4, 0.5) is 0 Å². The van der Waals surface area contributed by atoms with E-state index in [0.29, 0.717) is 12.0 Å². The summed E-state index contributed by atoms with van der Waals surface area (Å²) in [5.41, 5.74) is 1.23. The number of aliphatic hydroxyl groups is 1. The van der Waals surface area contributed by atoms with Gasteiger partial charge in [0.15, 0.2) is 0 Å². The number of aryl methyl sites for hydroxylation is 1. The normalized spacial score (nSPS) is 31.8. The van der Waals surface area contributed by atoms with Gasteiger partial charge in [0, 0.05) is 23.9 Å². The fourth-order valence-corrected chi connectivity index (χ4v) is 4.65. The minimum Gasteiger partial charge on any atom is -0.393 e. The van der Waals surface area contributed by atoms with Crippen molar-refractivity contribution < 1.29 is 5.11 Å². The molecule has 1 aromatic rings. The van der Waals surface area contributed by atoms with E-state index in [-0.39, 0.29) is 6.10 Å². The van der Waals surface area contributed by atoms with Gasteiger partial charge in [-0.05, 0) is 38.6 Å². The first-order valence-electron chi connectivity index (χ1n) is 8.13. The molecular formula is C16H26N2OS. The second-order valence-corrected chi connectivity index (χ2v) is 7.22. The Bertz CT molecular complexity index is 434. The first kappa shape index (κ1) is 14.5. The van der Waals surface area contributed by atoms with Crippen molar-refractivity contribution in [3.63, 3.8) is 0 Å². The molecule has 1 saturated carbocycles. The van der Waals surface area contributed by atoms with Crippen molar-refractivity contribution >= 4 is 11.3 Å². The van der Waals surface area contributed by atoms with Gasteiger partial charge in [-0.2, -0.15) is 0 Å². The lowest BCUT2D eigenvalue weighted by Crippen LogP contribution is -2.42. The summed E-state index contributed by atoms with van der Waals surface area (Å²) in [4.78, 5) is 7.28. The highest BCUT2D eigenvalue weighted by Gasteiger charge is 2.36. The van der Waals surface area contributed by atoms with Crippen LogP contribution in [-0.4, -0.2) is 33.7 Å². The number of hydrogen-bond donors (Lipinski definition) is 1. The SMILES string of the molecule is CCc1nc(CN2CCCC2C2CCCCC2O)cs1. The largest absolute Gasteiger partial charge is 0.393 e. The van der Waals surface area contributed by atoms with Crippen molar-refractivity contribution in [1.29, 1.82) is 0 Å². The van der Waals surface area contributed by atoms with Gasteiger partial charge in [-0.3, -0.25) is 4.90 Å². The molecule has 0 bridgehead atoms. The molecule has 1 saturated heterocycles. The average molecular weight is 294 g/mol. The van der Waals surface area contributed by atoms with E-state index < -0.39 is 0 Å². The molecule has 0 amide bonds. The maximum absolute atomic E-state index is 10.3. The topological polar surface area (TPSA) is 36.4 Å². The van der Waals surface area contributed by atoms with Crippen LogP contribution in [0.2, 0.25) is 0 Å². The Kier molecular flexibility index (Phi) is 4.74. The van der Waals surface area contributed by atoms with Crippen LogP contribution < -0.4 is 0 Å². The number of aliphatic hydroxyl groups excluding tert-OH is 1. The molecule has 2 fully saturated rings. The monoisotopic (exact) mass is 294 g/mol. The van der Waals surface area contributed by atoms with E-state index in [2.05, 4.69) is 17.2 Å². The van der Waals surface area contributed by atoms with Crippen LogP contribution in [0.1, 0.15) is 56.2 Å². The molecule has 1 aromatic heterocycles. The molecule has 4 heteroatoms. The van der Waals surface area contributed by atoms with E-state index >= 15 is 0 Å². The summed E-state index contributed by atoms with van der Waals surface area (Å²) >= 11 is 1.78. The summed E-state index contributed by atoms with van der Waals surface area (Å²) in [6.07, 6.45) is 8.21. The zero-order valence-electron chi connectivity index (χ0n) is 12.4. The zero-order valence-corrected chi connectivity index (χ0v) is 13.2. The summed E-state index contributed by atoms with van der Waals surface area (Å²) in [5, 5.41) is 13.8. The van der Waals surface area contributed by atoms with Gasteiger partial charge >= 0.3 is 0 Å². The van der Waals surface area contributed by atoms with Crippen LogP contribution in [0, 0.1) is 5.92 Å². The summed E-state index contributed by atoms with van der Waals surface area (Å²) in [7, 11) is 0. The number of likely N-dealkylation sites (tertiary alicyclic amines) is 1. The summed E-state index contributed by atoms with van der Waals surface area (Å²) in [6, 6.07) is 0.581. The second kappa shape index (κ2) is 6.54. The van der Waals surface area contributed by atoms with Crippen molar-refractivity contribution in [3.8, 4) is 0 Å². The van der Waals surface area contributed by atoms with Gasteiger partial charge in [0.25, 0.3) is 0 Å². The van der Waals surface area contributed by atoms with Crippen LogP contribution in [0.15, 0.2) is 5.38 Å². The number of hydrogen-bond acceptors (Lipinski definition) is 4. The predicted molar refractivity (Wildman–Crippen MR) is 82.9 cm³/mol. The Labute approximate surface area is 126 Å². The van der Waals surface area contributed by atoms with E-state index in [0.717, 1.165) is 19.4 Å². The highest BCUT2D eigenvalue weighted by Crippen LogP contribution is 2.35. The maximum Gasteiger partial charge on any atom is 0.0926 e. The lowest BCUT2D eigenvalue weighted by Gasteiger charge is -2.37. The highest BCUT2D eigenvalue weighted by molar-refractivity contribution is 7.09. The number of rotatable bonds is 4. The summed E-state index contributed by atoms with van der Waals surface area (Å²) in [6.45, 7) is 4.32. The van der Waals surface area contributed by atoms with E-state index in [9.17, 15) is 5.11 Å². The van der Waals surface area contributed by atoms with E-state index in [1.54, 1.807) is 11.3 Å². The molecule has 3 atom stereocenters. The molecule has 3 unspecified atom stereocenters. The Hall–Kier alpha value is -0.450. The van der Waals surface area contributed by atoms with Crippen molar-refractivity contribution in [1.82, 2.24) is 9.88 Å². The molecule has 2 aliphatic rings. The average Bonchev–Trinajstić information content (AvgIpc) is 3.09. The van der Waals surface area contributed by atoms with Crippen molar-refractivity contribution in [2.24, 2.45) is 5.92 Å². The fourth-order valence-electron chi connectivity index (χ4n) is 3.91. The van der Waals surface area contributed by atoms with Gasteiger partial charge in [-0.25, -0.2) is 4.98 Å². The molecular weight excluding hydrogens is 268 g/mol. The number of nitrogens with zero attached hydrogens (tertiary/aromatic N) is 2. The van der Waals surface area contributed by atoms with Gasteiger partial charge in [-0.15, -0.1) is 11.3 Å². The standard InChI is InChI=1S/C16H26N2OS/c1-2-16-17-12(11-20-16)10-18-9-5-7-14(18)13-6-3-4-8-15(13)19/h11,13-15,19H,2-10H2,1H3. The fraction of sp³-hybridized carbons (Fsp3) is 0.812. The molecule has 1 aliphatic heterocycles. The third-order valence-electron chi connectivity index (χ3n) is 4.96. The minimum atomic E-state index is -0.0732. The predicted octanol–water partition coefficient (Wildman–Crippen LogP) is 3.22. The third kappa shape index (κ3) is 3.07. The second-order valence-electron chi connectivity index (χ2n) is 6.28. The lowest BCUT2D eigenvalue weighted by atomic mass is 9.80. The minimum absolute atomic E-state index is 0.0732. The number of thiazole rings is 1. The Morgan fingerprint density at radius 1 is 1.30 bits per heavy atom. The molecule has 2 heterocycles. The van der Waals surface area contributed by atoms with Crippen LogP contribution in [0.3, 0.4) is 0 Å². The van der Waals surface area contributed by atoms with Crippen LogP contribution in [0.5, 0.6) is 0 Å². The number of aromatic nitrogens is 1.